The Morgan fingerprint density at radius 1 is 1.40 bits per heavy atom. The largest absolute Gasteiger partial charge is 0.391 e. The summed E-state index contributed by atoms with van der Waals surface area (Å²) in [7, 11) is 1.22. The van der Waals surface area contributed by atoms with Crippen LogP contribution in [0.3, 0.4) is 0 Å². The van der Waals surface area contributed by atoms with E-state index in [1.807, 2.05) is 0 Å². The number of hydrogen-bond acceptors (Lipinski definition) is 7. The molecule has 0 aromatic rings. The lowest BCUT2D eigenvalue weighted by molar-refractivity contribution is -0.200. The van der Waals surface area contributed by atoms with Crippen LogP contribution in [0, 0.1) is 0 Å². The fourth-order valence-corrected chi connectivity index (χ4v) is 1.12. The average molecular weight is 262 g/mol. The van der Waals surface area contributed by atoms with Crippen molar-refractivity contribution in [3.8, 4) is 0 Å². The van der Waals surface area contributed by atoms with E-state index in [0.29, 0.717) is 0 Å². The van der Waals surface area contributed by atoms with Crippen molar-refractivity contribution in [3.05, 3.63) is 0 Å². The maximum absolute atomic E-state index is 10.6. The molecular formula is C6H14O7S2. The van der Waals surface area contributed by atoms with E-state index < -0.39 is 28.5 Å². The third-order valence-electron chi connectivity index (χ3n) is 1.17. The zero-order chi connectivity index (χ0) is 11.7. The molecule has 0 heterocycles. The summed E-state index contributed by atoms with van der Waals surface area (Å²) in [5.41, 5.74) is 0. The van der Waals surface area contributed by atoms with Gasteiger partial charge >= 0.3 is 11.4 Å². The lowest BCUT2D eigenvalue weighted by Crippen LogP contribution is -2.19. The molecule has 1 N–H and O–H groups in total. The van der Waals surface area contributed by atoms with Crippen molar-refractivity contribution in [3.63, 3.8) is 0 Å². The van der Waals surface area contributed by atoms with Crippen LogP contribution in [-0.4, -0.2) is 46.2 Å². The summed E-state index contributed by atoms with van der Waals surface area (Å²) in [6.07, 6.45) is 0.664. The highest BCUT2D eigenvalue weighted by Crippen LogP contribution is 1.97. The highest BCUT2D eigenvalue weighted by molar-refractivity contribution is 7.79. The average Bonchev–Trinajstić information content (AvgIpc) is 2.20. The Bertz CT molecular complexity index is 210. The lowest BCUT2D eigenvalue weighted by Gasteiger charge is -2.08. The van der Waals surface area contributed by atoms with E-state index in [1.165, 1.54) is 13.4 Å². The van der Waals surface area contributed by atoms with Crippen LogP contribution in [0.25, 0.3) is 0 Å². The van der Waals surface area contributed by atoms with Gasteiger partial charge < -0.3 is 5.11 Å². The van der Waals surface area contributed by atoms with Crippen LogP contribution in [0.1, 0.15) is 6.42 Å². The minimum absolute atomic E-state index is 0.0592. The Morgan fingerprint density at radius 3 is 2.60 bits per heavy atom. The van der Waals surface area contributed by atoms with Gasteiger partial charge in [0.1, 0.15) is 0 Å². The minimum atomic E-state index is -1.84. The quantitative estimate of drug-likeness (QED) is 0.331. The summed E-state index contributed by atoms with van der Waals surface area (Å²) < 4.78 is 34.1. The SMILES string of the molecule is COS(=O)OCC(O)CCOOS(C)=O. The first kappa shape index (κ1) is 15.1. The number of aliphatic hydroxyl groups is 1. The van der Waals surface area contributed by atoms with E-state index in [4.69, 9.17) is 0 Å². The van der Waals surface area contributed by atoms with Crippen LogP contribution < -0.4 is 0 Å². The predicted octanol–water partition coefficient (Wildman–Crippen LogP) is -0.779. The number of hydrogen-bond donors (Lipinski definition) is 1. The Labute approximate surface area is 93.1 Å². The van der Waals surface area contributed by atoms with Crippen LogP contribution in [0.2, 0.25) is 0 Å². The monoisotopic (exact) mass is 262 g/mol. The van der Waals surface area contributed by atoms with Crippen molar-refractivity contribution in [2.24, 2.45) is 0 Å². The normalized spacial score (nSPS) is 17.3. The first-order chi connectivity index (χ1) is 7.06. The minimum Gasteiger partial charge on any atom is -0.391 e. The number of rotatable bonds is 9. The van der Waals surface area contributed by atoms with Crippen molar-refractivity contribution < 1.29 is 31.1 Å². The van der Waals surface area contributed by atoms with E-state index >= 15 is 0 Å². The van der Waals surface area contributed by atoms with Gasteiger partial charge in [-0.1, -0.05) is 0 Å². The summed E-state index contributed by atoms with van der Waals surface area (Å²) in [6, 6.07) is 0. The summed E-state index contributed by atoms with van der Waals surface area (Å²) in [5, 5.41) is 9.23. The smallest absolute Gasteiger partial charge is 0.304 e. The third-order valence-corrected chi connectivity index (χ3v) is 2.06. The molecule has 7 nitrogen and oxygen atoms in total. The van der Waals surface area contributed by atoms with Gasteiger partial charge in [-0.15, -0.1) is 4.33 Å². The molecular weight excluding hydrogens is 248 g/mol. The fourth-order valence-electron chi connectivity index (χ4n) is 0.551. The summed E-state index contributed by atoms with van der Waals surface area (Å²) in [5.74, 6) is 0. The Kier molecular flexibility index (Phi) is 9.40. The van der Waals surface area contributed by atoms with E-state index in [1.54, 1.807) is 0 Å². The maximum Gasteiger partial charge on any atom is 0.304 e. The lowest BCUT2D eigenvalue weighted by atomic mass is 10.3. The molecule has 0 radical (unpaired) electrons. The van der Waals surface area contributed by atoms with Gasteiger partial charge in [0, 0.05) is 12.7 Å². The second-order valence-corrected chi connectivity index (χ2v) is 4.31. The molecule has 15 heavy (non-hydrogen) atoms. The summed E-state index contributed by atoms with van der Waals surface area (Å²) in [6.45, 7) is -0.0806. The van der Waals surface area contributed by atoms with Gasteiger partial charge in [-0.3, -0.25) is 8.37 Å². The molecule has 92 valence electrons. The molecule has 0 aliphatic heterocycles. The molecule has 0 bridgehead atoms. The fraction of sp³-hybridized carbons (Fsp3) is 1.00. The molecule has 3 atom stereocenters. The molecule has 9 heteroatoms. The highest BCUT2D eigenvalue weighted by atomic mass is 32.2. The van der Waals surface area contributed by atoms with Gasteiger partial charge in [0.25, 0.3) is 0 Å². The highest BCUT2D eigenvalue weighted by Gasteiger charge is 2.07. The second kappa shape index (κ2) is 9.33. The Balaban J connectivity index is 3.37. The molecule has 0 aromatic heterocycles. The van der Waals surface area contributed by atoms with Crippen LogP contribution in [0.4, 0.5) is 0 Å². The molecule has 0 saturated carbocycles. The van der Waals surface area contributed by atoms with Crippen molar-refractivity contribution in [1.29, 1.82) is 0 Å². The molecule has 0 aromatic carbocycles. The van der Waals surface area contributed by atoms with Crippen LogP contribution >= 0.6 is 0 Å². The van der Waals surface area contributed by atoms with Crippen molar-refractivity contribution in [1.82, 2.24) is 0 Å². The molecule has 0 rings (SSSR count). The van der Waals surface area contributed by atoms with Gasteiger partial charge in [-0.25, -0.2) is 9.10 Å². The molecule has 0 fully saturated rings. The second-order valence-electron chi connectivity index (χ2n) is 2.39. The van der Waals surface area contributed by atoms with E-state index in [0.717, 1.165) is 0 Å². The van der Waals surface area contributed by atoms with E-state index in [2.05, 4.69) is 17.6 Å². The van der Waals surface area contributed by atoms with Gasteiger partial charge in [0.2, 0.25) is 0 Å². The van der Waals surface area contributed by atoms with Crippen LogP contribution in [0.5, 0.6) is 0 Å². The van der Waals surface area contributed by atoms with Crippen LogP contribution in [0.15, 0.2) is 0 Å². The standard InChI is InChI=1S/C6H14O7S2/c1-10-15(9)12-5-6(7)3-4-11-13-14(2)8/h6-7H,3-5H2,1-2H3. The zero-order valence-corrected chi connectivity index (χ0v) is 10.0. The Hall–Kier alpha value is 0.1000. The topological polar surface area (TPSA) is 91.3 Å². The van der Waals surface area contributed by atoms with Gasteiger partial charge in [0.05, 0.1) is 26.4 Å². The first-order valence-electron chi connectivity index (χ1n) is 3.97. The van der Waals surface area contributed by atoms with Gasteiger partial charge in [0.15, 0.2) is 11.1 Å². The van der Waals surface area contributed by atoms with E-state index in [-0.39, 0.29) is 19.6 Å². The van der Waals surface area contributed by atoms with Crippen molar-refractivity contribution >= 4 is 22.4 Å². The Morgan fingerprint density at radius 2 is 2.07 bits per heavy atom. The molecule has 0 spiro atoms. The molecule has 0 aliphatic rings. The summed E-state index contributed by atoms with van der Waals surface area (Å²) >= 11 is -3.34. The molecule has 3 unspecified atom stereocenters. The van der Waals surface area contributed by atoms with Gasteiger partial charge in [-0.05, 0) is 0 Å². The first-order valence-corrected chi connectivity index (χ1v) is 6.45. The number of aliphatic hydroxyl groups excluding tert-OH is 1. The van der Waals surface area contributed by atoms with Crippen molar-refractivity contribution in [2.45, 2.75) is 12.5 Å². The van der Waals surface area contributed by atoms with Crippen LogP contribution in [-0.2, 0) is 40.0 Å². The summed E-state index contributed by atoms with van der Waals surface area (Å²) in [4.78, 5) is 4.48. The molecule has 0 amide bonds. The zero-order valence-electron chi connectivity index (χ0n) is 8.41. The van der Waals surface area contributed by atoms with E-state index in [9.17, 15) is 13.5 Å². The third kappa shape index (κ3) is 10.4. The molecule has 0 aliphatic carbocycles. The predicted molar refractivity (Wildman–Crippen MR) is 52.8 cm³/mol. The van der Waals surface area contributed by atoms with Crippen molar-refractivity contribution in [2.75, 3.05) is 26.6 Å². The maximum atomic E-state index is 10.6. The van der Waals surface area contributed by atoms with Gasteiger partial charge in [-0.2, -0.15) is 4.21 Å². The molecule has 0 saturated heterocycles.